The highest BCUT2D eigenvalue weighted by molar-refractivity contribution is 6.30. The number of para-hydroxylation sites is 1. The summed E-state index contributed by atoms with van der Waals surface area (Å²) < 4.78 is 35.5. The maximum Gasteiger partial charge on any atom is 0.354 e. The van der Waals surface area contributed by atoms with E-state index in [1.807, 2.05) is 18.2 Å². The number of pyridine rings is 1. The third kappa shape index (κ3) is 4.10. The fourth-order valence-electron chi connectivity index (χ4n) is 6.69. The van der Waals surface area contributed by atoms with Gasteiger partial charge < -0.3 is 28.8 Å². The van der Waals surface area contributed by atoms with Gasteiger partial charge in [-0.05, 0) is 42.8 Å². The molecule has 0 amide bonds. The number of aromatic nitrogens is 3. The highest BCUT2D eigenvalue weighted by Gasteiger charge is 2.46. The number of carbonyl (C=O) groups is 1. The summed E-state index contributed by atoms with van der Waals surface area (Å²) >= 11 is 5.98. The number of aromatic carboxylic acids is 1. The van der Waals surface area contributed by atoms with Gasteiger partial charge in [-0.25, -0.2) is 19.2 Å². The Morgan fingerprint density at radius 1 is 1.12 bits per heavy atom. The van der Waals surface area contributed by atoms with Gasteiger partial charge in [0.15, 0.2) is 28.9 Å². The van der Waals surface area contributed by atoms with Crippen molar-refractivity contribution >= 4 is 34.4 Å². The predicted octanol–water partition coefficient (Wildman–Crippen LogP) is 4.47. The average molecular weight is 592 g/mol. The Morgan fingerprint density at radius 3 is 2.79 bits per heavy atom. The van der Waals surface area contributed by atoms with Gasteiger partial charge in [-0.3, -0.25) is 4.90 Å². The molecule has 12 heteroatoms. The van der Waals surface area contributed by atoms with E-state index in [-0.39, 0.29) is 30.5 Å². The van der Waals surface area contributed by atoms with Crippen LogP contribution in [0.25, 0.3) is 11.2 Å². The standard InChI is InChI=1S/C30H27ClFN5O5/c31-16-4-5-17(18(32)12-16)25-15-41-24-3-1-2-21(28(24)42-25)35-9-10-36-14-26-33-19-6-7-20(30(38)39)34-29(19)37(26)27(22(36)13-35)23-8-11-40-23/h1-7,12,22-23,25,27H,8-11,13-15H2,(H,38,39)/t22-,23+,25-,27?/m1/s1. The van der Waals surface area contributed by atoms with Crippen molar-refractivity contribution in [1.29, 1.82) is 0 Å². The van der Waals surface area contributed by atoms with Gasteiger partial charge in [0.2, 0.25) is 0 Å². The number of piperazine rings is 1. The van der Waals surface area contributed by atoms with E-state index in [2.05, 4.69) is 19.4 Å². The van der Waals surface area contributed by atoms with E-state index in [4.69, 9.17) is 30.8 Å². The predicted molar refractivity (Wildman–Crippen MR) is 151 cm³/mol. The van der Waals surface area contributed by atoms with E-state index >= 15 is 0 Å². The van der Waals surface area contributed by atoms with Crippen molar-refractivity contribution in [3.8, 4) is 11.5 Å². The molecule has 42 heavy (non-hydrogen) atoms. The van der Waals surface area contributed by atoms with Crippen LogP contribution >= 0.6 is 11.6 Å². The van der Waals surface area contributed by atoms with Crippen molar-refractivity contribution in [3.05, 3.63) is 76.5 Å². The number of hydrogen-bond acceptors (Lipinski definition) is 8. The van der Waals surface area contributed by atoms with Gasteiger partial charge in [0.05, 0.1) is 30.4 Å². The van der Waals surface area contributed by atoms with Crippen LogP contribution in [0.1, 0.15) is 40.4 Å². The summed E-state index contributed by atoms with van der Waals surface area (Å²) in [6.45, 7) is 3.70. The Balaban J connectivity index is 1.14. The summed E-state index contributed by atoms with van der Waals surface area (Å²) in [7, 11) is 0. The molecule has 216 valence electrons. The number of anilines is 1. The van der Waals surface area contributed by atoms with Crippen LogP contribution in [0, 0.1) is 5.82 Å². The number of hydrogen-bond donors (Lipinski definition) is 1. The number of rotatable bonds is 4. The molecule has 2 fully saturated rings. The lowest BCUT2D eigenvalue weighted by Crippen LogP contribution is -2.61. The lowest BCUT2D eigenvalue weighted by atomic mass is 9.91. The van der Waals surface area contributed by atoms with Crippen LogP contribution in [-0.2, 0) is 11.3 Å². The normalized spacial score (nSPS) is 25.0. The molecule has 0 spiro atoms. The quantitative estimate of drug-likeness (QED) is 0.368. The summed E-state index contributed by atoms with van der Waals surface area (Å²) in [6.07, 6.45) is 0.252. The zero-order valence-electron chi connectivity index (χ0n) is 22.5. The number of benzene rings is 2. The number of ether oxygens (including phenoxy) is 3. The molecule has 4 aliphatic rings. The second-order valence-corrected chi connectivity index (χ2v) is 11.5. The van der Waals surface area contributed by atoms with Crippen LogP contribution < -0.4 is 14.4 Å². The minimum Gasteiger partial charge on any atom is -0.485 e. The van der Waals surface area contributed by atoms with Crippen molar-refractivity contribution in [2.24, 2.45) is 0 Å². The molecule has 8 rings (SSSR count). The first kappa shape index (κ1) is 25.8. The van der Waals surface area contributed by atoms with E-state index < -0.39 is 17.9 Å². The summed E-state index contributed by atoms with van der Waals surface area (Å²) in [5.41, 5.74) is 2.52. The molecule has 0 aliphatic carbocycles. The molecule has 1 unspecified atom stereocenters. The number of fused-ring (bicyclic) bond motifs is 5. The maximum atomic E-state index is 14.8. The fraction of sp³-hybridized carbons (Fsp3) is 0.367. The lowest BCUT2D eigenvalue weighted by molar-refractivity contribution is -0.107. The van der Waals surface area contributed by atoms with Crippen molar-refractivity contribution in [2.45, 2.75) is 37.3 Å². The van der Waals surface area contributed by atoms with Gasteiger partial charge in [-0.1, -0.05) is 23.7 Å². The zero-order valence-corrected chi connectivity index (χ0v) is 23.2. The van der Waals surface area contributed by atoms with E-state index in [1.165, 1.54) is 12.1 Å². The molecule has 2 aromatic heterocycles. The molecular formula is C30H27ClFN5O5. The van der Waals surface area contributed by atoms with E-state index in [0.717, 1.165) is 31.0 Å². The number of carboxylic acid groups (broad SMARTS) is 1. The monoisotopic (exact) mass is 591 g/mol. The Kier molecular flexibility index (Phi) is 6.02. The summed E-state index contributed by atoms with van der Waals surface area (Å²) in [4.78, 5) is 25.8. The van der Waals surface area contributed by atoms with Crippen LogP contribution in [0.5, 0.6) is 11.5 Å². The Hall–Kier alpha value is -3.93. The van der Waals surface area contributed by atoms with Gasteiger partial charge in [0.1, 0.15) is 23.8 Å². The topological polar surface area (TPSA) is 102 Å². The molecule has 0 radical (unpaired) electrons. The molecule has 0 saturated carbocycles. The van der Waals surface area contributed by atoms with Crippen LogP contribution in [-0.4, -0.2) is 75.5 Å². The first-order valence-electron chi connectivity index (χ1n) is 14.0. The molecule has 0 bridgehead atoms. The Labute approximate surface area is 245 Å². The average Bonchev–Trinajstić information content (AvgIpc) is 3.32. The molecule has 4 aromatic rings. The van der Waals surface area contributed by atoms with Crippen LogP contribution in [0.2, 0.25) is 5.02 Å². The van der Waals surface area contributed by atoms with E-state index in [9.17, 15) is 14.3 Å². The van der Waals surface area contributed by atoms with E-state index in [0.29, 0.717) is 52.9 Å². The maximum absolute atomic E-state index is 14.8. The largest absolute Gasteiger partial charge is 0.485 e. The van der Waals surface area contributed by atoms with Crippen molar-refractivity contribution < 1.29 is 28.5 Å². The number of halogens is 2. The van der Waals surface area contributed by atoms with E-state index in [1.54, 1.807) is 18.2 Å². The van der Waals surface area contributed by atoms with Gasteiger partial charge in [0.25, 0.3) is 0 Å². The minimum atomic E-state index is -1.07. The summed E-state index contributed by atoms with van der Waals surface area (Å²) in [6, 6.07) is 13.6. The lowest BCUT2D eigenvalue weighted by Gasteiger charge is -2.52. The zero-order chi connectivity index (χ0) is 28.5. The highest BCUT2D eigenvalue weighted by atomic mass is 35.5. The molecule has 6 heterocycles. The number of imidazole rings is 1. The summed E-state index contributed by atoms with van der Waals surface area (Å²) in [5.74, 6) is 0.575. The third-order valence-electron chi connectivity index (χ3n) is 8.77. The number of nitrogens with zero attached hydrogens (tertiary/aromatic N) is 5. The molecule has 1 N–H and O–H groups in total. The first-order chi connectivity index (χ1) is 20.4. The van der Waals surface area contributed by atoms with Crippen LogP contribution in [0.3, 0.4) is 0 Å². The van der Waals surface area contributed by atoms with Gasteiger partial charge in [0, 0.05) is 36.8 Å². The second-order valence-electron chi connectivity index (χ2n) is 11.1. The molecule has 10 nitrogen and oxygen atoms in total. The molecule has 4 aliphatic heterocycles. The number of carboxylic acids is 1. The van der Waals surface area contributed by atoms with Crippen molar-refractivity contribution in [1.82, 2.24) is 19.4 Å². The minimum absolute atomic E-state index is 0.00841. The summed E-state index contributed by atoms with van der Waals surface area (Å²) in [5, 5.41) is 9.93. The molecule has 2 saturated heterocycles. The van der Waals surface area contributed by atoms with Gasteiger partial charge in [-0.2, -0.15) is 0 Å². The molecule has 2 aromatic carbocycles. The third-order valence-corrected chi connectivity index (χ3v) is 9.01. The molecular weight excluding hydrogens is 565 g/mol. The highest BCUT2D eigenvalue weighted by Crippen LogP contribution is 2.46. The second kappa shape index (κ2) is 9.82. The Bertz CT molecular complexity index is 1730. The SMILES string of the molecule is O=C(O)c1ccc2nc3n(c2n1)C([C@@H]1CCO1)[C@H]1CN(c2cccc4c2O[C@@H](c2ccc(Cl)cc2F)CO4)CCN1C3. The van der Waals surface area contributed by atoms with Crippen molar-refractivity contribution in [3.63, 3.8) is 0 Å². The van der Waals surface area contributed by atoms with Gasteiger partial charge in [-0.15, -0.1) is 0 Å². The smallest absolute Gasteiger partial charge is 0.354 e. The van der Waals surface area contributed by atoms with Crippen LogP contribution in [0.4, 0.5) is 10.1 Å². The van der Waals surface area contributed by atoms with Gasteiger partial charge >= 0.3 is 5.97 Å². The first-order valence-corrected chi connectivity index (χ1v) is 14.4. The molecule has 4 atom stereocenters. The van der Waals surface area contributed by atoms with Crippen molar-refractivity contribution in [2.75, 3.05) is 37.7 Å². The van der Waals surface area contributed by atoms with Crippen LogP contribution in [0.15, 0.2) is 48.5 Å². The Morgan fingerprint density at radius 2 is 2.00 bits per heavy atom. The fourth-order valence-corrected chi connectivity index (χ4v) is 6.84.